The number of unbranched alkanes of at least 4 members (excludes halogenated alkanes) is 23. The Morgan fingerprint density at radius 2 is 0.565 bits per heavy atom. The molecule has 0 aromatic rings. The first-order valence-electron chi connectivity index (χ1n) is 20.1. The number of likely N-dealkylation sites (N-methyl/N-ethyl adjacent to an activating group) is 2. The second-order valence-corrected chi connectivity index (χ2v) is 15.0. The SMILES string of the molecule is CCCCCCCCCCCC[N+](C)(C)CCO.CCCCCCCCCCCC[N+](C)(C)CCO.CCCCCCCC[O-].[Cl-]. The third kappa shape index (κ3) is 50.9. The van der Waals surface area contributed by atoms with Crippen molar-refractivity contribution in [3.63, 3.8) is 0 Å². The van der Waals surface area contributed by atoms with E-state index in [4.69, 9.17) is 10.2 Å². The summed E-state index contributed by atoms with van der Waals surface area (Å²) in [5.41, 5.74) is 0. The molecule has 0 aromatic carbocycles. The standard InChI is InChI=1S/2C16H36NO.C8H17O.ClH/c2*1-4-5-6-7-8-9-10-11-12-13-14-17(2,3)15-16-18;1-2-3-4-5-6-7-8-9;/h2*18H,4-16H2,1-3H3;2-8H2,1H3;1H/q2*+1;-1;/p-1. The molecule has 0 aromatic heterocycles. The van der Waals surface area contributed by atoms with E-state index in [1.54, 1.807) is 0 Å². The molecule has 284 valence electrons. The number of hydrogen-bond donors (Lipinski definition) is 2. The number of aliphatic hydroxyl groups excluding tert-OH is 2. The minimum absolute atomic E-state index is 0. The zero-order chi connectivity index (χ0) is 34.3. The Morgan fingerprint density at radius 1 is 0.348 bits per heavy atom. The van der Waals surface area contributed by atoms with Crippen LogP contribution in [0, 0.1) is 0 Å². The molecule has 0 aliphatic rings. The van der Waals surface area contributed by atoms with Gasteiger partial charge in [0.15, 0.2) is 0 Å². The summed E-state index contributed by atoms with van der Waals surface area (Å²) < 4.78 is 1.93. The molecule has 0 heterocycles. The van der Waals surface area contributed by atoms with E-state index >= 15 is 0 Å². The molecule has 0 amide bonds. The van der Waals surface area contributed by atoms with Crippen molar-refractivity contribution < 1.29 is 36.7 Å². The molecule has 46 heavy (non-hydrogen) atoms. The van der Waals surface area contributed by atoms with E-state index in [2.05, 4.69) is 49.0 Å². The first-order valence-corrected chi connectivity index (χ1v) is 20.1. The molecule has 0 aliphatic heterocycles. The maximum atomic E-state index is 9.96. The molecule has 0 bridgehead atoms. The Labute approximate surface area is 297 Å². The Morgan fingerprint density at radius 3 is 0.783 bits per heavy atom. The van der Waals surface area contributed by atoms with Gasteiger partial charge in [-0.15, -0.1) is 6.61 Å². The molecule has 0 radical (unpaired) electrons. The lowest BCUT2D eigenvalue weighted by Crippen LogP contribution is -3.00. The summed E-state index contributed by atoms with van der Waals surface area (Å²) in [4.78, 5) is 0. The van der Waals surface area contributed by atoms with E-state index < -0.39 is 0 Å². The predicted molar refractivity (Wildman–Crippen MR) is 200 cm³/mol. The molecule has 0 fully saturated rings. The van der Waals surface area contributed by atoms with E-state index in [1.807, 2.05) is 0 Å². The average Bonchev–Trinajstić information content (AvgIpc) is 2.99. The molecule has 5 nitrogen and oxygen atoms in total. The highest BCUT2D eigenvalue weighted by atomic mass is 35.5. The second kappa shape index (κ2) is 43.1. The monoisotopic (exact) mass is 681 g/mol. The number of hydrogen-bond acceptors (Lipinski definition) is 3. The first-order chi connectivity index (χ1) is 21.7. The molecule has 2 N–H and O–H groups in total. The third-order valence-corrected chi connectivity index (χ3v) is 9.14. The van der Waals surface area contributed by atoms with E-state index in [0.717, 1.165) is 34.9 Å². The van der Waals surface area contributed by atoms with E-state index in [9.17, 15) is 5.11 Å². The van der Waals surface area contributed by atoms with Gasteiger partial charge >= 0.3 is 0 Å². The van der Waals surface area contributed by atoms with Crippen LogP contribution in [0.5, 0.6) is 0 Å². The van der Waals surface area contributed by atoms with E-state index in [-0.39, 0.29) is 19.0 Å². The second-order valence-electron chi connectivity index (χ2n) is 15.0. The van der Waals surface area contributed by atoms with Crippen LogP contribution in [0.2, 0.25) is 0 Å². The van der Waals surface area contributed by atoms with Gasteiger partial charge in [-0.3, -0.25) is 0 Å². The summed E-state index contributed by atoms with van der Waals surface area (Å²) in [6.45, 7) is 11.7. The fraction of sp³-hybridized carbons (Fsp3) is 1.00. The smallest absolute Gasteiger partial charge is 0.102 e. The summed E-state index contributed by atoms with van der Waals surface area (Å²) in [5.74, 6) is 0. The molecule has 0 saturated heterocycles. The molecular weight excluding hydrogens is 592 g/mol. The fourth-order valence-electron chi connectivity index (χ4n) is 5.70. The lowest BCUT2D eigenvalue weighted by molar-refractivity contribution is -0.890. The predicted octanol–water partition coefficient (Wildman–Crippen LogP) is 6.66. The molecule has 0 atom stereocenters. The van der Waals surface area contributed by atoms with Crippen molar-refractivity contribution in [1.29, 1.82) is 0 Å². The molecule has 0 unspecified atom stereocenters. The number of nitrogens with zero attached hydrogens (tertiary/aromatic N) is 2. The van der Waals surface area contributed by atoms with Gasteiger partial charge in [0.25, 0.3) is 0 Å². The molecule has 0 saturated carbocycles. The molecule has 0 aliphatic carbocycles. The Balaban J connectivity index is -0.000000300. The Hall–Kier alpha value is 0.0900. The van der Waals surface area contributed by atoms with Gasteiger partial charge in [0, 0.05) is 0 Å². The lowest BCUT2D eigenvalue weighted by Gasteiger charge is -2.28. The van der Waals surface area contributed by atoms with Gasteiger partial charge in [-0.05, 0) is 25.7 Å². The minimum atomic E-state index is 0. The number of aliphatic hydroxyl groups is 2. The van der Waals surface area contributed by atoms with Gasteiger partial charge in [-0.25, -0.2) is 0 Å². The molecular formula is C40H89ClN2O3. The maximum Gasteiger partial charge on any atom is 0.102 e. The van der Waals surface area contributed by atoms with Crippen molar-refractivity contribution >= 4 is 0 Å². The quantitative estimate of drug-likeness (QED) is 0.0617. The van der Waals surface area contributed by atoms with Crippen molar-refractivity contribution in [1.82, 2.24) is 0 Å². The van der Waals surface area contributed by atoms with Gasteiger partial charge in [0.2, 0.25) is 0 Å². The molecule has 0 rings (SSSR count). The highest BCUT2D eigenvalue weighted by Gasteiger charge is 2.13. The van der Waals surface area contributed by atoms with Crippen molar-refractivity contribution in [2.45, 2.75) is 188 Å². The summed E-state index contributed by atoms with van der Waals surface area (Å²) in [6.07, 6.45) is 35.2. The highest BCUT2D eigenvalue weighted by molar-refractivity contribution is 4.49. The van der Waals surface area contributed by atoms with Crippen LogP contribution in [0.15, 0.2) is 0 Å². The van der Waals surface area contributed by atoms with Crippen LogP contribution in [-0.4, -0.2) is 93.4 Å². The summed E-state index contributed by atoms with van der Waals surface area (Å²) in [5, 5.41) is 27.9. The van der Waals surface area contributed by atoms with Gasteiger partial charge in [0.05, 0.1) is 54.5 Å². The van der Waals surface area contributed by atoms with Crippen LogP contribution in [0.25, 0.3) is 0 Å². The molecule has 0 spiro atoms. The maximum absolute atomic E-state index is 9.96. The normalized spacial score (nSPS) is 11.3. The van der Waals surface area contributed by atoms with Gasteiger partial charge in [-0.1, -0.05) is 162 Å². The Bertz CT molecular complexity index is 477. The third-order valence-electron chi connectivity index (χ3n) is 9.14. The van der Waals surface area contributed by atoms with Gasteiger partial charge in [-0.2, -0.15) is 0 Å². The summed E-state index contributed by atoms with van der Waals surface area (Å²) >= 11 is 0. The van der Waals surface area contributed by atoms with Gasteiger partial charge in [0.1, 0.15) is 13.1 Å². The zero-order valence-corrected chi connectivity index (χ0v) is 33.7. The van der Waals surface area contributed by atoms with Crippen molar-refractivity contribution in [2.75, 3.05) is 74.2 Å². The summed E-state index contributed by atoms with van der Waals surface area (Å²) in [7, 11) is 8.85. The summed E-state index contributed by atoms with van der Waals surface area (Å²) in [6, 6.07) is 0. The minimum Gasteiger partial charge on any atom is -1.00 e. The van der Waals surface area contributed by atoms with Crippen LogP contribution in [0.1, 0.15) is 188 Å². The molecule has 6 heteroatoms. The van der Waals surface area contributed by atoms with Crippen molar-refractivity contribution in [3.8, 4) is 0 Å². The number of halogens is 1. The van der Waals surface area contributed by atoms with Crippen LogP contribution in [0.3, 0.4) is 0 Å². The van der Waals surface area contributed by atoms with Crippen molar-refractivity contribution in [2.24, 2.45) is 0 Å². The van der Waals surface area contributed by atoms with Crippen LogP contribution in [0.4, 0.5) is 0 Å². The highest BCUT2D eigenvalue weighted by Crippen LogP contribution is 2.13. The number of rotatable bonds is 32. The fourth-order valence-corrected chi connectivity index (χ4v) is 5.70. The lowest BCUT2D eigenvalue weighted by atomic mass is 10.1. The van der Waals surface area contributed by atoms with Crippen LogP contribution in [-0.2, 0) is 0 Å². The first kappa shape index (κ1) is 52.9. The van der Waals surface area contributed by atoms with Gasteiger partial charge < -0.3 is 36.7 Å². The van der Waals surface area contributed by atoms with E-state index in [0.29, 0.717) is 13.2 Å². The van der Waals surface area contributed by atoms with Crippen LogP contribution < -0.4 is 17.5 Å². The largest absolute Gasteiger partial charge is 1.00 e. The number of quaternary nitrogens is 2. The average molecular weight is 682 g/mol. The zero-order valence-electron chi connectivity index (χ0n) is 32.9. The van der Waals surface area contributed by atoms with Crippen molar-refractivity contribution in [3.05, 3.63) is 0 Å². The van der Waals surface area contributed by atoms with E-state index in [1.165, 1.54) is 167 Å². The van der Waals surface area contributed by atoms with Crippen LogP contribution >= 0.6 is 0 Å². The topological polar surface area (TPSA) is 63.5 Å². The Kier molecular flexibility index (Phi) is 49.6.